The van der Waals surface area contributed by atoms with Crippen molar-refractivity contribution >= 4 is 21.5 Å². The zero-order valence-electron chi connectivity index (χ0n) is 9.83. The quantitative estimate of drug-likeness (QED) is 0.303. The lowest BCUT2D eigenvalue weighted by molar-refractivity contribution is 0.306. The second-order valence-electron chi connectivity index (χ2n) is 3.41. The van der Waals surface area contributed by atoms with Crippen molar-refractivity contribution in [3.8, 4) is 5.75 Å². The number of nitrogens with two attached hydrogens (primary N) is 1. The number of ether oxygens (including phenoxy) is 1. The zero-order valence-corrected chi connectivity index (χ0v) is 10.6. The SMILES string of the molecule is CCS(=O)(=O)Nc1ccc(OC/C(N)=N/O)cc1. The van der Waals surface area contributed by atoms with E-state index in [2.05, 4.69) is 9.88 Å². The third kappa shape index (κ3) is 4.50. The van der Waals surface area contributed by atoms with E-state index >= 15 is 0 Å². The molecule has 0 saturated heterocycles. The van der Waals surface area contributed by atoms with Crippen LogP contribution in [0.15, 0.2) is 29.4 Å². The number of benzene rings is 1. The molecule has 1 aromatic rings. The van der Waals surface area contributed by atoms with Gasteiger partial charge in [0.05, 0.1) is 5.75 Å². The van der Waals surface area contributed by atoms with Gasteiger partial charge in [-0.05, 0) is 31.2 Å². The van der Waals surface area contributed by atoms with Crippen LogP contribution in [0.25, 0.3) is 0 Å². The van der Waals surface area contributed by atoms with Crippen LogP contribution in [0, 0.1) is 0 Å². The lowest BCUT2D eigenvalue weighted by Crippen LogP contribution is -2.20. The second-order valence-corrected chi connectivity index (χ2v) is 5.42. The minimum absolute atomic E-state index is 0.00868. The molecule has 18 heavy (non-hydrogen) atoms. The predicted molar refractivity (Wildman–Crippen MR) is 68.4 cm³/mol. The summed E-state index contributed by atoms with van der Waals surface area (Å²) in [5.74, 6) is 0.446. The van der Waals surface area contributed by atoms with Crippen LogP contribution in [0.4, 0.5) is 5.69 Å². The molecule has 0 heterocycles. The predicted octanol–water partition coefficient (Wildman–Crippen LogP) is 0.573. The molecule has 0 bridgehead atoms. The summed E-state index contributed by atoms with van der Waals surface area (Å²) < 4.78 is 30.2. The standard InChI is InChI=1S/C10H15N3O4S/c1-2-18(15,16)13-8-3-5-9(6-4-8)17-7-10(11)12-14/h3-6,13-14H,2,7H2,1H3,(H2,11,12). The van der Waals surface area contributed by atoms with E-state index in [1.165, 1.54) is 0 Å². The summed E-state index contributed by atoms with van der Waals surface area (Å²) in [7, 11) is -3.28. The van der Waals surface area contributed by atoms with Gasteiger partial charge in [-0.1, -0.05) is 5.16 Å². The van der Waals surface area contributed by atoms with Crippen LogP contribution >= 0.6 is 0 Å². The van der Waals surface area contributed by atoms with Gasteiger partial charge in [-0.2, -0.15) is 0 Å². The molecule has 0 aliphatic rings. The van der Waals surface area contributed by atoms with Gasteiger partial charge in [0.1, 0.15) is 12.4 Å². The van der Waals surface area contributed by atoms with E-state index in [0.717, 1.165) is 0 Å². The highest BCUT2D eigenvalue weighted by atomic mass is 32.2. The maximum absolute atomic E-state index is 11.3. The molecule has 0 radical (unpaired) electrons. The maximum Gasteiger partial charge on any atom is 0.232 e. The summed E-state index contributed by atoms with van der Waals surface area (Å²) in [5.41, 5.74) is 5.69. The zero-order chi connectivity index (χ0) is 13.6. The Kier molecular flexibility index (Phi) is 4.78. The Labute approximate surface area is 105 Å². The third-order valence-electron chi connectivity index (χ3n) is 2.02. The average molecular weight is 273 g/mol. The first-order valence-corrected chi connectivity index (χ1v) is 6.82. The average Bonchev–Trinajstić information content (AvgIpc) is 2.37. The van der Waals surface area contributed by atoms with Crippen molar-refractivity contribution in [1.29, 1.82) is 0 Å². The number of amidine groups is 1. The van der Waals surface area contributed by atoms with Crippen LogP contribution in [-0.2, 0) is 10.0 Å². The minimum Gasteiger partial charge on any atom is -0.486 e. The van der Waals surface area contributed by atoms with Crippen molar-refractivity contribution in [2.75, 3.05) is 17.1 Å². The van der Waals surface area contributed by atoms with E-state index in [9.17, 15) is 8.42 Å². The first-order valence-electron chi connectivity index (χ1n) is 5.16. The highest BCUT2D eigenvalue weighted by Gasteiger charge is 2.06. The van der Waals surface area contributed by atoms with Crippen molar-refractivity contribution in [2.24, 2.45) is 10.9 Å². The van der Waals surface area contributed by atoms with Crippen LogP contribution in [0.3, 0.4) is 0 Å². The molecule has 1 rings (SSSR count). The molecule has 0 aliphatic carbocycles. The van der Waals surface area contributed by atoms with Gasteiger partial charge >= 0.3 is 0 Å². The molecule has 0 saturated carbocycles. The van der Waals surface area contributed by atoms with Gasteiger partial charge in [-0.3, -0.25) is 4.72 Å². The van der Waals surface area contributed by atoms with E-state index in [1.807, 2.05) is 0 Å². The molecule has 0 atom stereocenters. The summed E-state index contributed by atoms with van der Waals surface area (Å²) in [6.45, 7) is 1.51. The van der Waals surface area contributed by atoms with Gasteiger partial charge in [0.25, 0.3) is 0 Å². The van der Waals surface area contributed by atoms with E-state index in [4.69, 9.17) is 15.7 Å². The Bertz CT molecular complexity index is 510. The highest BCUT2D eigenvalue weighted by molar-refractivity contribution is 7.92. The van der Waals surface area contributed by atoms with Gasteiger partial charge in [-0.25, -0.2) is 8.42 Å². The van der Waals surface area contributed by atoms with E-state index in [1.54, 1.807) is 31.2 Å². The Morgan fingerprint density at radius 2 is 2.06 bits per heavy atom. The van der Waals surface area contributed by atoms with Crippen molar-refractivity contribution < 1.29 is 18.4 Å². The van der Waals surface area contributed by atoms with E-state index < -0.39 is 10.0 Å². The Hall–Kier alpha value is -1.96. The van der Waals surface area contributed by atoms with Crippen molar-refractivity contribution in [1.82, 2.24) is 0 Å². The fourth-order valence-corrected chi connectivity index (χ4v) is 1.70. The van der Waals surface area contributed by atoms with Crippen LogP contribution < -0.4 is 15.2 Å². The number of nitrogens with one attached hydrogen (secondary N) is 1. The largest absolute Gasteiger partial charge is 0.486 e. The van der Waals surface area contributed by atoms with Crippen molar-refractivity contribution in [3.63, 3.8) is 0 Å². The van der Waals surface area contributed by atoms with Crippen LogP contribution in [0.1, 0.15) is 6.92 Å². The summed E-state index contributed by atoms with van der Waals surface area (Å²) >= 11 is 0. The van der Waals surface area contributed by atoms with Crippen LogP contribution in [0.2, 0.25) is 0 Å². The van der Waals surface area contributed by atoms with E-state index in [-0.39, 0.29) is 18.2 Å². The molecule has 0 aliphatic heterocycles. The smallest absolute Gasteiger partial charge is 0.232 e. The molecule has 0 aromatic heterocycles. The van der Waals surface area contributed by atoms with Gasteiger partial charge in [0.2, 0.25) is 10.0 Å². The minimum atomic E-state index is -3.28. The lowest BCUT2D eigenvalue weighted by atomic mass is 10.3. The summed E-state index contributed by atoms with van der Waals surface area (Å²) in [6.07, 6.45) is 0. The second kappa shape index (κ2) is 6.10. The Morgan fingerprint density at radius 1 is 1.44 bits per heavy atom. The van der Waals surface area contributed by atoms with Crippen molar-refractivity contribution in [2.45, 2.75) is 6.92 Å². The number of oxime groups is 1. The molecule has 0 amide bonds. The number of anilines is 1. The normalized spacial score (nSPS) is 12.2. The van der Waals surface area contributed by atoms with Gasteiger partial charge in [-0.15, -0.1) is 0 Å². The molecular weight excluding hydrogens is 258 g/mol. The molecule has 1 aromatic carbocycles. The van der Waals surface area contributed by atoms with Crippen LogP contribution in [0.5, 0.6) is 5.75 Å². The lowest BCUT2D eigenvalue weighted by Gasteiger charge is -2.08. The molecule has 0 spiro atoms. The third-order valence-corrected chi connectivity index (χ3v) is 3.33. The topological polar surface area (TPSA) is 114 Å². The maximum atomic E-state index is 11.3. The van der Waals surface area contributed by atoms with Gasteiger partial charge in [0, 0.05) is 5.69 Å². The fraction of sp³-hybridized carbons (Fsp3) is 0.300. The first kappa shape index (κ1) is 14.1. The summed E-state index contributed by atoms with van der Waals surface area (Å²) in [5, 5.41) is 11.1. The van der Waals surface area contributed by atoms with Gasteiger partial charge < -0.3 is 15.7 Å². The van der Waals surface area contributed by atoms with Gasteiger partial charge in [0.15, 0.2) is 5.84 Å². The van der Waals surface area contributed by atoms with Crippen molar-refractivity contribution in [3.05, 3.63) is 24.3 Å². The molecule has 0 fully saturated rings. The molecule has 7 nitrogen and oxygen atoms in total. The molecule has 100 valence electrons. The number of nitrogens with zero attached hydrogens (tertiary/aromatic N) is 1. The molecule has 0 unspecified atom stereocenters. The molecule has 8 heteroatoms. The summed E-state index contributed by atoms with van der Waals surface area (Å²) in [6, 6.07) is 6.29. The number of rotatable bonds is 6. The highest BCUT2D eigenvalue weighted by Crippen LogP contribution is 2.16. The Balaban J connectivity index is 2.63. The monoisotopic (exact) mass is 273 g/mol. The number of hydrogen-bond donors (Lipinski definition) is 3. The Morgan fingerprint density at radius 3 is 2.56 bits per heavy atom. The molecule has 4 N–H and O–H groups in total. The van der Waals surface area contributed by atoms with Crippen LogP contribution in [-0.4, -0.2) is 31.8 Å². The number of sulfonamides is 1. The number of hydrogen-bond acceptors (Lipinski definition) is 5. The first-order chi connectivity index (χ1) is 8.46. The van der Waals surface area contributed by atoms with E-state index in [0.29, 0.717) is 11.4 Å². The fourth-order valence-electron chi connectivity index (χ4n) is 1.06. The summed E-state index contributed by atoms with van der Waals surface area (Å²) in [4.78, 5) is 0. The molecular formula is C10H15N3O4S.